The van der Waals surface area contributed by atoms with E-state index >= 15 is 0 Å². The van der Waals surface area contributed by atoms with Crippen molar-refractivity contribution in [2.24, 2.45) is 0 Å². The molecular formula is C23H24N2O5S2. The number of anilines is 1. The van der Waals surface area contributed by atoms with Crippen LogP contribution in [-0.2, 0) is 16.0 Å². The first-order valence-corrected chi connectivity index (χ1v) is 11.8. The second-order valence-corrected chi connectivity index (χ2v) is 9.14. The van der Waals surface area contributed by atoms with Gasteiger partial charge in [0.25, 0.3) is 0 Å². The molecule has 0 saturated heterocycles. The van der Waals surface area contributed by atoms with Gasteiger partial charge in [0.1, 0.15) is 4.88 Å². The van der Waals surface area contributed by atoms with E-state index in [1.807, 2.05) is 23.6 Å². The van der Waals surface area contributed by atoms with Crippen LogP contribution in [-0.4, -0.2) is 51.2 Å². The molecule has 1 amide bonds. The predicted octanol–water partition coefficient (Wildman–Crippen LogP) is 4.20. The highest BCUT2D eigenvalue weighted by atomic mass is 32.1. The van der Waals surface area contributed by atoms with Gasteiger partial charge in [0, 0.05) is 11.4 Å². The van der Waals surface area contributed by atoms with E-state index in [4.69, 9.17) is 14.2 Å². The Labute approximate surface area is 194 Å². The highest BCUT2D eigenvalue weighted by molar-refractivity contribution is 7.12. The van der Waals surface area contributed by atoms with Crippen molar-refractivity contribution in [3.8, 4) is 11.5 Å². The molecule has 0 spiro atoms. The summed E-state index contributed by atoms with van der Waals surface area (Å²) in [5.41, 5.74) is 2.77. The molecular weight excluding hydrogens is 448 g/mol. The van der Waals surface area contributed by atoms with Gasteiger partial charge in [-0.05, 0) is 52.6 Å². The van der Waals surface area contributed by atoms with Crippen LogP contribution in [0.25, 0.3) is 0 Å². The lowest BCUT2D eigenvalue weighted by atomic mass is 9.91. The number of nitrogens with zero attached hydrogens (tertiary/aromatic N) is 1. The lowest BCUT2D eigenvalue weighted by Gasteiger charge is -2.37. The summed E-state index contributed by atoms with van der Waals surface area (Å²) in [7, 11) is 4.58. The first-order chi connectivity index (χ1) is 15.5. The van der Waals surface area contributed by atoms with Crippen LogP contribution in [0.15, 0.2) is 41.1 Å². The van der Waals surface area contributed by atoms with E-state index in [2.05, 4.69) is 16.3 Å². The summed E-state index contributed by atoms with van der Waals surface area (Å²) in [4.78, 5) is 28.6. The van der Waals surface area contributed by atoms with Crippen molar-refractivity contribution in [2.75, 3.05) is 39.7 Å². The minimum absolute atomic E-state index is 0.0770. The number of carbonyl (C=O) groups is 2. The molecule has 1 aliphatic rings. The monoisotopic (exact) mass is 472 g/mol. The Bertz CT molecular complexity index is 1110. The van der Waals surface area contributed by atoms with Crippen molar-refractivity contribution in [1.29, 1.82) is 0 Å². The number of esters is 1. The zero-order chi connectivity index (χ0) is 22.7. The lowest BCUT2D eigenvalue weighted by Crippen LogP contribution is -2.41. The molecule has 1 atom stereocenters. The number of nitrogens with one attached hydrogen (secondary N) is 1. The molecule has 2 aromatic heterocycles. The molecule has 0 saturated carbocycles. The van der Waals surface area contributed by atoms with Crippen LogP contribution in [0.2, 0.25) is 0 Å². The number of rotatable bonds is 7. The van der Waals surface area contributed by atoms with E-state index in [1.54, 1.807) is 37.0 Å². The number of benzene rings is 1. The van der Waals surface area contributed by atoms with Crippen LogP contribution < -0.4 is 14.8 Å². The largest absolute Gasteiger partial charge is 0.493 e. The Morgan fingerprint density at radius 3 is 2.56 bits per heavy atom. The normalized spacial score (nSPS) is 15.7. The number of ether oxygens (including phenoxy) is 3. The quantitative estimate of drug-likeness (QED) is 0.520. The standard InChI is InChI=1S/C23H24N2O5S2/c1-28-17-11-14-6-8-25(13-20(26)24-16-7-10-32-22(16)23(27)30-3)21(19-5-4-9-31-19)15(14)12-18(17)29-2/h4-5,7,9-12,21H,6,8,13H2,1-3H3,(H,24,26). The van der Waals surface area contributed by atoms with Crippen LogP contribution in [0.5, 0.6) is 11.5 Å². The summed E-state index contributed by atoms with van der Waals surface area (Å²) < 4.78 is 15.8. The summed E-state index contributed by atoms with van der Waals surface area (Å²) >= 11 is 2.90. The van der Waals surface area contributed by atoms with Crippen molar-refractivity contribution in [3.05, 3.63) is 62.0 Å². The Morgan fingerprint density at radius 1 is 1.09 bits per heavy atom. The maximum absolute atomic E-state index is 13.0. The van der Waals surface area contributed by atoms with Crippen LogP contribution in [0.3, 0.4) is 0 Å². The fourth-order valence-corrected chi connectivity index (χ4v) is 5.62. The molecule has 32 heavy (non-hydrogen) atoms. The second kappa shape index (κ2) is 9.72. The highest BCUT2D eigenvalue weighted by Crippen LogP contribution is 2.42. The summed E-state index contributed by atoms with van der Waals surface area (Å²) in [6, 6.07) is 9.78. The number of carbonyl (C=O) groups excluding carboxylic acids is 2. The van der Waals surface area contributed by atoms with Crippen molar-refractivity contribution >= 4 is 40.2 Å². The first-order valence-electron chi connectivity index (χ1n) is 10.0. The summed E-state index contributed by atoms with van der Waals surface area (Å²) in [6.07, 6.45) is 0.788. The molecule has 0 bridgehead atoms. The third kappa shape index (κ3) is 4.36. The molecule has 9 heteroatoms. The molecule has 0 fully saturated rings. The molecule has 1 N–H and O–H groups in total. The van der Waals surface area contributed by atoms with E-state index < -0.39 is 5.97 Å². The van der Waals surface area contributed by atoms with Crippen LogP contribution in [0, 0.1) is 0 Å². The first kappa shape index (κ1) is 22.3. The molecule has 0 radical (unpaired) electrons. The molecule has 0 aliphatic carbocycles. The zero-order valence-corrected chi connectivity index (χ0v) is 19.7. The molecule has 7 nitrogen and oxygen atoms in total. The van der Waals surface area contributed by atoms with E-state index in [9.17, 15) is 9.59 Å². The highest BCUT2D eigenvalue weighted by Gasteiger charge is 2.32. The third-order valence-corrected chi connectivity index (χ3v) is 7.26. The van der Waals surface area contributed by atoms with E-state index in [0.29, 0.717) is 28.6 Å². The Kier molecular flexibility index (Phi) is 6.78. The van der Waals surface area contributed by atoms with Gasteiger partial charge in [-0.2, -0.15) is 0 Å². The third-order valence-electron chi connectivity index (χ3n) is 5.44. The van der Waals surface area contributed by atoms with Gasteiger partial charge in [-0.25, -0.2) is 4.79 Å². The summed E-state index contributed by atoms with van der Waals surface area (Å²) in [5.74, 6) is 0.731. The van der Waals surface area contributed by atoms with Crippen molar-refractivity contribution in [1.82, 2.24) is 4.90 Å². The van der Waals surface area contributed by atoms with Gasteiger partial charge < -0.3 is 19.5 Å². The second-order valence-electron chi connectivity index (χ2n) is 7.25. The molecule has 3 heterocycles. The Balaban J connectivity index is 1.61. The van der Waals surface area contributed by atoms with E-state index in [0.717, 1.165) is 16.9 Å². The van der Waals surface area contributed by atoms with Crippen LogP contribution in [0.4, 0.5) is 5.69 Å². The van der Waals surface area contributed by atoms with Gasteiger partial charge >= 0.3 is 5.97 Å². The fourth-order valence-electron chi connectivity index (χ4n) is 3.98. The Morgan fingerprint density at radius 2 is 1.88 bits per heavy atom. The number of fused-ring (bicyclic) bond motifs is 1. The maximum atomic E-state index is 13.0. The number of hydrogen-bond acceptors (Lipinski definition) is 8. The van der Waals surface area contributed by atoms with Crippen LogP contribution >= 0.6 is 22.7 Å². The minimum atomic E-state index is -0.459. The van der Waals surface area contributed by atoms with Crippen molar-refractivity contribution in [2.45, 2.75) is 12.5 Å². The van der Waals surface area contributed by atoms with Crippen LogP contribution in [0.1, 0.15) is 31.7 Å². The average molecular weight is 473 g/mol. The maximum Gasteiger partial charge on any atom is 0.350 e. The molecule has 4 rings (SSSR count). The number of thiophene rings is 2. The molecule has 168 valence electrons. The van der Waals surface area contributed by atoms with Gasteiger partial charge in [0.15, 0.2) is 11.5 Å². The van der Waals surface area contributed by atoms with Gasteiger partial charge in [-0.15, -0.1) is 22.7 Å². The summed E-state index contributed by atoms with van der Waals surface area (Å²) in [5, 5.41) is 6.67. The zero-order valence-electron chi connectivity index (χ0n) is 18.0. The van der Waals surface area contributed by atoms with E-state index in [1.165, 1.54) is 24.0 Å². The van der Waals surface area contributed by atoms with Crippen molar-refractivity contribution in [3.63, 3.8) is 0 Å². The molecule has 1 unspecified atom stereocenters. The average Bonchev–Trinajstić information content (AvgIpc) is 3.49. The number of methoxy groups -OCH3 is 3. The number of amides is 1. The topological polar surface area (TPSA) is 77.1 Å². The SMILES string of the molecule is COC(=O)c1sccc1NC(=O)CN1CCc2cc(OC)c(OC)cc2C1c1cccs1. The fraction of sp³-hybridized carbons (Fsp3) is 0.304. The Hall–Kier alpha value is -2.88. The van der Waals surface area contributed by atoms with E-state index in [-0.39, 0.29) is 18.5 Å². The smallest absolute Gasteiger partial charge is 0.350 e. The number of hydrogen-bond donors (Lipinski definition) is 1. The molecule has 3 aromatic rings. The summed E-state index contributed by atoms with van der Waals surface area (Å²) in [6.45, 7) is 0.902. The lowest BCUT2D eigenvalue weighted by molar-refractivity contribution is -0.117. The molecule has 1 aromatic carbocycles. The molecule has 1 aliphatic heterocycles. The van der Waals surface area contributed by atoms with Gasteiger partial charge in [-0.1, -0.05) is 6.07 Å². The van der Waals surface area contributed by atoms with Gasteiger partial charge in [-0.3, -0.25) is 9.69 Å². The minimum Gasteiger partial charge on any atom is -0.493 e. The van der Waals surface area contributed by atoms with Gasteiger partial charge in [0.05, 0.1) is 39.6 Å². The van der Waals surface area contributed by atoms with Gasteiger partial charge in [0.2, 0.25) is 5.91 Å². The van der Waals surface area contributed by atoms with Crippen molar-refractivity contribution < 1.29 is 23.8 Å². The predicted molar refractivity (Wildman–Crippen MR) is 125 cm³/mol.